The number of carbonyl (C=O) groups excluding carboxylic acids is 3. The number of amides is 2. The van der Waals surface area contributed by atoms with E-state index >= 15 is 0 Å². The molecule has 3 aromatic carbocycles. The molecule has 0 radical (unpaired) electrons. The van der Waals surface area contributed by atoms with Gasteiger partial charge >= 0.3 is 5.97 Å². The molecule has 2 amide bonds. The van der Waals surface area contributed by atoms with E-state index in [1.54, 1.807) is 66.7 Å². The van der Waals surface area contributed by atoms with Crippen LogP contribution in [0.15, 0.2) is 89.6 Å². The van der Waals surface area contributed by atoms with Gasteiger partial charge in [0.2, 0.25) is 0 Å². The summed E-state index contributed by atoms with van der Waals surface area (Å²) in [4.78, 5) is 38.6. The Bertz CT molecular complexity index is 1200. The number of nitrogens with one attached hydrogen (secondary N) is 1. The number of ether oxygens (including phenoxy) is 1. The highest BCUT2D eigenvalue weighted by molar-refractivity contribution is 6.53. The molecule has 31 heavy (non-hydrogen) atoms. The zero-order valence-corrected chi connectivity index (χ0v) is 17.2. The Balaban J connectivity index is 1.49. The van der Waals surface area contributed by atoms with E-state index < -0.39 is 17.8 Å². The molecule has 0 aliphatic carbocycles. The van der Waals surface area contributed by atoms with Crippen LogP contribution in [0.3, 0.4) is 0 Å². The van der Waals surface area contributed by atoms with Crippen LogP contribution in [0.5, 0.6) is 5.75 Å². The van der Waals surface area contributed by atoms with Gasteiger partial charge in [-0.2, -0.15) is 0 Å². The maximum absolute atomic E-state index is 12.8. The minimum atomic E-state index is -0.598. The third-order valence-corrected chi connectivity index (χ3v) is 5.08. The molecule has 0 aromatic heterocycles. The number of carbonyl (C=O) groups is 3. The molecule has 4 rings (SSSR count). The molecule has 3 aromatic rings. The normalized spacial score (nSPS) is 13.5. The second kappa shape index (κ2) is 8.45. The number of anilines is 2. The maximum atomic E-state index is 12.8. The fourth-order valence-corrected chi connectivity index (χ4v) is 3.30. The van der Waals surface area contributed by atoms with Crippen molar-refractivity contribution in [3.63, 3.8) is 0 Å². The summed E-state index contributed by atoms with van der Waals surface area (Å²) in [5, 5.41) is 2.68. The monoisotopic (exact) mass is 432 g/mol. The molecule has 0 bridgehead atoms. The molecule has 0 atom stereocenters. The van der Waals surface area contributed by atoms with Gasteiger partial charge in [0.15, 0.2) is 0 Å². The average Bonchev–Trinajstić information content (AvgIpc) is 2.99. The first kappa shape index (κ1) is 20.4. The summed E-state index contributed by atoms with van der Waals surface area (Å²) in [5.41, 5.74) is 2.10. The molecule has 154 valence electrons. The molecule has 6 nitrogen and oxygen atoms in total. The number of rotatable bonds is 5. The highest BCUT2D eigenvalue weighted by Crippen LogP contribution is 2.30. The maximum Gasteiger partial charge on any atom is 0.343 e. The molecule has 0 spiro atoms. The van der Waals surface area contributed by atoms with Crippen molar-refractivity contribution in [2.75, 3.05) is 10.2 Å². The van der Waals surface area contributed by atoms with Gasteiger partial charge in [-0.25, -0.2) is 9.69 Å². The number of aryl methyl sites for hydroxylation is 1. The van der Waals surface area contributed by atoms with Gasteiger partial charge < -0.3 is 10.1 Å². The highest BCUT2D eigenvalue weighted by atomic mass is 35.5. The van der Waals surface area contributed by atoms with Crippen LogP contribution in [-0.2, 0) is 9.59 Å². The Hall–Kier alpha value is -3.90. The van der Waals surface area contributed by atoms with E-state index in [-0.39, 0.29) is 10.7 Å². The lowest BCUT2D eigenvalue weighted by Gasteiger charge is -2.14. The van der Waals surface area contributed by atoms with Crippen molar-refractivity contribution in [2.45, 2.75) is 6.92 Å². The van der Waals surface area contributed by atoms with Crippen LogP contribution >= 0.6 is 11.6 Å². The summed E-state index contributed by atoms with van der Waals surface area (Å²) in [5.74, 6) is -1.16. The lowest BCUT2D eigenvalue weighted by molar-refractivity contribution is -0.120. The number of benzene rings is 3. The molecule has 1 aliphatic heterocycles. The number of halogens is 1. The second-order valence-electron chi connectivity index (χ2n) is 6.83. The zero-order chi connectivity index (χ0) is 22.0. The standard InChI is InChI=1S/C24H17ClN2O4/c1-15-7-5-6-10-19(15)31-24(30)16-11-13-17(14-12-16)26-21-20(25)22(28)27(23(21)29)18-8-3-2-4-9-18/h2-14,26H,1H3. The topological polar surface area (TPSA) is 75.7 Å². The molecule has 1 N–H and O–H groups in total. The van der Waals surface area contributed by atoms with Crippen LogP contribution in [0.4, 0.5) is 11.4 Å². The van der Waals surface area contributed by atoms with E-state index in [0.717, 1.165) is 10.5 Å². The molecule has 1 heterocycles. The van der Waals surface area contributed by atoms with E-state index in [1.807, 2.05) is 19.1 Å². The summed E-state index contributed by atoms with van der Waals surface area (Å²) < 4.78 is 5.42. The van der Waals surface area contributed by atoms with Crippen LogP contribution in [0, 0.1) is 6.92 Å². The van der Waals surface area contributed by atoms with Crippen LogP contribution in [-0.4, -0.2) is 17.8 Å². The van der Waals surface area contributed by atoms with Gasteiger partial charge in [-0.15, -0.1) is 0 Å². The number of imide groups is 1. The minimum Gasteiger partial charge on any atom is -0.423 e. The average molecular weight is 433 g/mol. The first-order valence-electron chi connectivity index (χ1n) is 9.44. The van der Waals surface area contributed by atoms with Gasteiger partial charge in [0.05, 0.1) is 11.3 Å². The Morgan fingerprint density at radius 3 is 2.19 bits per heavy atom. The zero-order valence-electron chi connectivity index (χ0n) is 16.5. The van der Waals surface area contributed by atoms with E-state index in [2.05, 4.69) is 5.32 Å². The Labute approximate surface area is 183 Å². The number of hydrogen-bond donors (Lipinski definition) is 1. The SMILES string of the molecule is Cc1ccccc1OC(=O)c1ccc(NC2=C(Cl)C(=O)N(c3ccccc3)C2=O)cc1. The number of esters is 1. The predicted octanol–water partition coefficient (Wildman–Crippen LogP) is 4.65. The molecule has 0 saturated heterocycles. The molecule has 0 saturated carbocycles. The van der Waals surface area contributed by atoms with Crippen molar-refractivity contribution in [2.24, 2.45) is 0 Å². The quantitative estimate of drug-likeness (QED) is 0.361. The fraction of sp³-hybridized carbons (Fsp3) is 0.0417. The van der Waals surface area contributed by atoms with Gasteiger partial charge in [-0.1, -0.05) is 48.0 Å². The summed E-state index contributed by atoms with van der Waals surface area (Å²) in [6, 6.07) is 22.1. The largest absolute Gasteiger partial charge is 0.423 e. The van der Waals surface area contributed by atoms with Gasteiger partial charge in [0, 0.05) is 5.69 Å². The van der Waals surface area contributed by atoms with Crippen molar-refractivity contribution >= 4 is 40.8 Å². The molecular weight excluding hydrogens is 416 g/mol. The predicted molar refractivity (Wildman–Crippen MR) is 118 cm³/mol. The van der Waals surface area contributed by atoms with E-state index in [4.69, 9.17) is 16.3 Å². The Kier molecular flexibility index (Phi) is 5.56. The first-order chi connectivity index (χ1) is 15.0. The number of para-hydroxylation sites is 2. The number of hydrogen-bond acceptors (Lipinski definition) is 5. The van der Waals surface area contributed by atoms with Crippen molar-refractivity contribution in [3.05, 3.63) is 101 Å². The summed E-state index contributed by atoms with van der Waals surface area (Å²) >= 11 is 6.14. The molecule has 0 unspecified atom stereocenters. The van der Waals surface area contributed by atoms with Crippen LogP contribution in [0.2, 0.25) is 0 Å². The highest BCUT2D eigenvalue weighted by Gasteiger charge is 2.38. The van der Waals surface area contributed by atoms with E-state index in [1.165, 1.54) is 0 Å². The molecule has 7 heteroatoms. The Morgan fingerprint density at radius 2 is 1.52 bits per heavy atom. The van der Waals surface area contributed by atoms with Crippen LogP contribution in [0.1, 0.15) is 15.9 Å². The summed E-state index contributed by atoms with van der Waals surface area (Å²) in [6.45, 7) is 1.85. The second-order valence-corrected chi connectivity index (χ2v) is 7.21. The van der Waals surface area contributed by atoms with E-state index in [0.29, 0.717) is 22.7 Å². The van der Waals surface area contributed by atoms with Crippen LogP contribution in [0.25, 0.3) is 0 Å². The van der Waals surface area contributed by atoms with Gasteiger partial charge in [0.25, 0.3) is 11.8 Å². The molecule has 1 aliphatic rings. The van der Waals surface area contributed by atoms with E-state index in [9.17, 15) is 14.4 Å². The molecule has 0 fully saturated rings. The van der Waals surface area contributed by atoms with Gasteiger partial charge in [-0.3, -0.25) is 9.59 Å². The number of nitrogens with zero attached hydrogens (tertiary/aromatic N) is 1. The minimum absolute atomic E-state index is 0.0224. The van der Waals surface area contributed by atoms with Crippen molar-refractivity contribution in [1.29, 1.82) is 0 Å². The van der Waals surface area contributed by atoms with Crippen LogP contribution < -0.4 is 15.0 Å². The Morgan fingerprint density at radius 1 is 0.871 bits per heavy atom. The van der Waals surface area contributed by atoms with Crippen molar-refractivity contribution in [3.8, 4) is 5.75 Å². The lowest BCUT2D eigenvalue weighted by atomic mass is 10.2. The van der Waals surface area contributed by atoms with Crippen molar-refractivity contribution < 1.29 is 19.1 Å². The first-order valence-corrected chi connectivity index (χ1v) is 9.82. The van der Waals surface area contributed by atoms with Gasteiger partial charge in [0.1, 0.15) is 16.5 Å². The van der Waals surface area contributed by atoms with Gasteiger partial charge in [-0.05, 0) is 55.0 Å². The third kappa shape index (κ3) is 4.06. The lowest BCUT2D eigenvalue weighted by Crippen LogP contribution is -2.32. The summed E-state index contributed by atoms with van der Waals surface area (Å²) in [6.07, 6.45) is 0. The fourth-order valence-electron chi connectivity index (χ4n) is 3.09. The third-order valence-electron chi connectivity index (χ3n) is 4.73. The molecular formula is C24H17ClN2O4. The van der Waals surface area contributed by atoms with Crippen molar-refractivity contribution in [1.82, 2.24) is 0 Å². The smallest absolute Gasteiger partial charge is 0.343 e. The summed E-state index contributed by atoms with van der Waals surface area (Å²) in [7, 11) is 0.